The Balaban J connectivity index is 1.72. The van der Waals surface area contributed by atoms with E-state index in [1.807, 2.05) is 25.1 Å². The van der Waals surface area contributed by atoms with Crippen LogP contribution in [0.1, 0.15) is 24.1 Å². The van der Waals surface area contributed by atoms with E-state index in [0.717, 1.165) is 12.0 Å². The number of nitrogens with two attached hydrogens (primary N) is 1. The van der Waals surface area contributed by atoms with Gasteiger partial charge in [0, 0.05) is 0 Å². The Hall–Kier alpha value is -3.23. The van der Waals surface area contributed by atoms with Crippen LogP contribution in [0.25, 0.3) is 0 Å². The van der Waals surface area contributed by atoms with E-state index in [4.69, 9.17) is 15.3 Å². The molecule has 8 nitrogen and oxygen atoms in total. The van der Waals surface area contributed by atoms with Crippen LogP contribution in [0.15, 0.2) is 48.5 Å². The molecule has 0 spiro atoms. The first-order chi connectivity index (χ1) is 14.4. The first kappa shape index (κ1) is 20.1. The number of carbonyl (C=O) groups is 3. The van der Waals surface area contributed by atoms with Crippen molar-refractivity contribution in [1.29, 1.82) is 0 Å². The van der Waals surface area contributed by atoms with Crippen LogP contribution in [0, 0.1) is 5.92 Å². The highest BCUT2D eigenvalue weighted by molar-refractivity contribution is 6.23. The predicted octanol–water partition coefficient (Wildman–Crippen LogP) is 1.59. The number of methoxy groups -OCH3 is 1. The molecule has 0 radical (unpaired) electrons. The van der Waals surface area contributed by atoms with Crippen molar-refractivity contribution < 1.29 is 24.0 Å². The van der Waals surface area contributed by atoms with Gasteiger partial charge in [-0.15, -0.1) is 0 Å². The van der Waals surface area contributed by atoms with E-state index in [9.17, 15) is 14.4 Å². The smallest absolute Gasteiger partial charge is 0.265 e. The van der Waals surface area contributed by atoms with Crippen LogP contribution >= 0.6 is 0 Å². The Morgan fingerprint density at radius 2 is 1.87 bits per heavy atom. The van der Waals surface area contributed by atoms with Gasteiger partial charge in [-0.2, -0.15) is 5.06 Å². The Morgan fingerprint density at radius 1 is 1.13 bits per heavy atom. The molecule has 8 heteroatoms. The Bertz CT molecular complexity index is 991. The third-order valence-corrected chi connectivity index (χ3v) is 5.54. The fourth-order valence-electron chi connectivity index (χ4n) is 4.09. The second-order valence-corrected chi connectivity index (χ2v) is 7.35. The van der Waals surface area contributed by atoms with E-state index in [1.54, 1.807) is 37.4 Å². The van der Waals surface area contributed by atoms with Crippen LogP contribution in [-0.4, -0.2) is 42.5 Å². The molecular formula is C22H23N3O5. The van der Waals surface area contributed by atoms with Crippen LogP contribution in [0.4, 0.5) is 5.69 Å². The number of anilines is 1. The maximum absolute atomic E-state index is 13.4. The standard InChI is InChI=1S/C22H23N3O5/c1-3-13-7-9-15(10-8-13)25-21(27)18-19(14-5-4-6-16(11-14)29-2)24(12-17(23)26)30-20(18)22(25)28/h4-11,18-20H,3,12H2,1-2H3,(H2,23,26). The molecule has 2 N–H and O–H groups in total. The van der Waals surface area contributed by atoms with Crippen molar-refractivity contribution in [3.63, 3.8) is 0 Å². The van der Waals surface area contributed by atoms with Gasteiger partial charge in [0.1, 0.15) is 12.3 Å². The molecule has 2 aliphatic heterocycles. The molecule has 3 unspecified atom stereocenters. The summed E-state index contributed by atoms with van der Waals surface area (Å²) in [5.41, 5.74) is 7.68. The molecule has 4 rings (SSSR count). The van der Waals surface area contributed by atoms with Crippen LogP contribution in [0.5, 0.6) is 5.75 Å². The summed E-state index contributed by atoms with van der Waals surface area (Å²) >= 11 is 0. The second kappa shape index (κ2) is 7.89. The maximum Gasteiger partial charge on any atom is 0.265 e. The number of imide groups is 1. The van der Waals surface area contributed by atoms with Crippen molar-refractivity contribution in [3.05, 3.63) is 59.7 Å². The van der Waals surface area contributed by atoms with Crippen LogP contribution in [0.2, 0.25) is 0 Å². The average Bonchev–Trinajstić information content (AvgIpc) is 3.23. The second-order valence-electron chi connectivity index (χ2n) is 7.35. The summed E-state index contributed by atoms with van der Waals surface area (Å²) in [5, 5.41) is 1.33. The summed E-state index contributed by atoms with van der Waals surface area (Å²) in [6.07, 6.45) is -0.157. The number of hydrogen-bond acceptors (Lipinski definition) is 6. The molecule has 2 aromatic carbocycles. The monoisotopic (exact) mass is 409 g/mol. The van der Waals surface area contributed by atoms with E-state index in [1.165, 1.54) is 9.96 Å². The number of hydrogen-bond donors (Lipinski definition) is 1. The molecule has 30 heavy (non-hydrogen) atoms. The lowest BCUT2D eigenvalue weighted by Crippen LogP contribution is -2.40. The lowest BCUT2D eigenvalue weighted by Gasteiger charge is -2.26. The minimum absolute atomic E-state index is 0.235. The number of benzene rings is 2. The highest BCUT2D eigenvalue weighted by Gasteiger charge is 2.60. The first-order valence-corrected chi connectivity index (χ1v) is 9.77. The lowest BCUT2D eigenvalue weighted by atomic mass is 9.90. The van der Waals surface area contributed by atoms with Crippen molar-refractivity contribution in [1.82, 2.24) is 5.06 Å². The summed E-state index contributed by atoms with van der Waals surface area (Å²) in [6.45, 7) is 1.80. The molecule has 0 saturated carbocycles. The molecule has 156 valence electrons. The maximum atomic E-state index is 13.4. The molecule has 0 bridgehead atoms. The molecule has 2 fully saturated rings. The van der Waals surface area contributed by atoms with Gasteiger partial charge in [-0.05, 0) is 41.8 Å². The molecule has 3 atom stereocenters. The summed E-state index contributed by atoms with van der Waals surface area (Å²) in [6, 6.07) is 13.8. The number of amides is 3. The number of primary amides is 1. The fraction of sp³-hybridized carbons (Fsp3) is 0.318. The number of ether oxygens (including phenoxy) is 1. The van der Waals surface area contributed by atoms with Crippen LogP contribution in [-0.2, 0) is 25.6 Å². The molecule has 0 aromatic heterocycles. The topological polar surface area (TPSA) is 102 Å². The molecule has 2 aliphatic rings. The Labute approximate surface area is 174 Å². The van der Waals surface area contributed by atoms with Gasteiger partial charge in [0.2, 0.25) is 11.8 Å². The third-order valence-electron chi connectivity index (χ3n) is 5.54. The fourth-order valence-corrected chi connectivity index (χ4v) is 4.09. The van der Waals surface area contributed by atoms with Gasteiger partial charge in [-0.25, -0.2) is 4.90 Å². The number of carbonyl (C=O) groups excluding carboxylic acids is 3. The normalized spacial score (nSPS) is 23.7. The largest absolute Gasteiger partial charge is 0.497 e. The van der Waals surface area contributed by atoms with E-state index >= 15 is 0 Å². The molecule has 2 aromatic rings. The third kappa shape index (κ3) is 3.34. The van der Waals surface area contributed by atoms with Gasteiger partial charge in [-0.3, -0.25) is 19.2 Å². The highest BCUT2D eigenvalue weighted by atomic mass is 16.7. The van der Waals surface area contributed by atoms with Gasteiger partial charge < -0.3 is 10.5 Å². The van der Waals surface area contributed by atoms with Gasteiger partial charge >= 0.3 is 0 Å². The van der Waals surface area contributed by atoms with Gasteiger partial charge in [0.15, 0.2) is 6.10 Å². The number of rotatable bonds is 6. The number of nitrogens with zero attached hydrogens (tertiary/aromatic N) is 2. The Morgan fingerprint density at radius 3 is 2.50 bits per heavy atom. The molecule has 2 saturated heterocycles. The first-order valence-electron chi connectivity index (χ1n) is 9.77. The SMILES string of the molecule is CCc1ccc(N2C(=O)C3ON(CC(N)=O)C(c4cccc(OC)c4)C3C2=O)cc1. The molecule has 2 heterocycles. The van der Waals surface area contributed by atoms with Crippen molar-refractivity contribution in [3.8, 4) is 5.75 Å². The zero-order chi connectivity index (χ0) is 21.4. The van der Waals surface area contributed by atoms with E-state index in [2.05, 4.69) is 0 Å². The number of hydroxylamine groups is 2. The summed E-state index contributed by atoms with van der Waals surface area (Å²) in [7, 11) is 1.54. The Kier molecular flexibility index (Phi) is 5.27. The van der Waals surface area contributed by atoms with Gasteiger partial charge in [0.05, 0.1) is 24.8 Å². The quantitative estimate of drug-likeness (QED) is 0.727. The average molecular weight is 409 g/mol. The van der Waals surface area contributed by atoms with Gasteiger partial charge in [0.25, 0.3) is 5.91 Å². The van der Waals surface area contributed by atoms with E-state index in [0.29, 0.717) is 17.0 Å². The van der Waals surface area contributed by atoms with E-state index < -0.39 is 29.9 Å². The van der Waals surface area contributed by atoms with Crippen LogP contribution < -0.4 is 15.4 Å². The molecular weight excluding hydrogens is 386 g/mol. The lowest BCUT2D eigenvalue weighted by molar-refractivity contribution is -0.175. The minimum Gasteiger partial charge on any atom is -0.497 e. The summed E-state index contributed by atoms with van der Waals surface area (Å²) < 4.78 is 5.29. The van der Waals surface area contributed by atoms with Crippen molar-refractivity contribution >= 4 is 23.4 Å². The summed E-state index contributed by atoms with van der Waals surface area (Å²) in [4.78, 5) is 45.0. The molecule has 0 aliphatic carbocycles. The zero-order valence-corrected chi connectivity index (χ0v) is 16.8. The van der Waals surface area contributed by atoms with Crippen molar-refractivity contribution in [2.75, 3.05) is 18.6 Å². The van der Waals surface area contributed by atoms with Crippen LogP contribution in [0.3, 0.4) is 0 Å². The van der Waals surface area contributed by atoms with Crippen molar-refractivity contribution in [2.45, 2.75) is 25.5 Å². The highest BCUT2D eigenvalue weighted by Crippen LogP contribution is 2.46. The number of aryl methyl sites for hydroxylation is 1. The van der Waals surface area contributed by atoms with Crippen molar-refractivity contribution in [2.24, 2.45) is 11.7 Å². The predicted molar refractivity (Wildman–Crippen MR) is 108 cm³/mol. The number of fused-ring (bicyclic) bond motifs is 1. The molecule has 3 amide bonds. The minimum atomic E-state index is -1.01. The zero-order valence-electron chi connectivity index (χ0n) is 16.8. The van der Waals surface area contributed by atoms with Gasteiger partial charge in [-0.1, -0.05) is 31.2 Å². The van der Waals surface area contributed by atoms with E-state index in [-0.39, 0.29) is 12.5 Å². The summed E-state index contributed by atoms with van der Waals surface area (Å²) in [5.74, 6) is -1.63.